The van der Waals surface area contributed by atoms with E-state index in [2.05, 4.69) is 12.1 Å². The van der Waals surface area contributed by atoms with Crippen LogP contribution < -0.4 is 4.74 Å². The predicted molar refractivity (Wildman–Crippen MR) is 97.2 cm³/mol. The van der Waals surface area contributed by atoms with Crippen LogP contribution >= 0.6 is 0 Å². The van der Waals surface area contributed by atoms with Gasteiger partial charge in [0, 0.05) is 7.05 Å². The molecule has 0 spiro atoms. The van der Waals surface area contributed by atoms with Crippen molar-refractivity contribution in [3.05, 3.63) is 78.1 Å². The van der Waals surface area contributed by atoms with Gasteiger partial charge in [0.1, 0.15) is 18.2 Å². The summed E-state index contributed by atoms with van der Waals surface area (Å²) in [6.07, 6.45) is 0.359. The van der Waals surface area contributed by atoms with E-state index < -0.39 is 0 Å². The molecule has 4 heteroatoms. The van der Waals surface area contributed by atoms with Crippen molar-refractivity contribution in [2.75, 3.05) is 20.2 Å². The van der Waals surface area contributed by atoms with Crippen LogP contribution in [0, 0.1) is 5.82 Å². The largest absolute Gasteiger partial charge is 0.492 e. The number of halogens is 1. The van der Waals surface area contributed by atoms with E-state index in [1.165, 1.54) is 17.5 Å². The van der Waals surface area contributed by atoms with Crippen molar-refractivity contribution < 1.29 is 13.9 Å². The first-order valence-electron chi connectivity index (χ1n) is 8.22. The van der Waals surface area contributed by atoms with Gasteiger partial charge in [0.15, 0.2) is 0 Å². The molecule has 0 heterocycles. The standard InChI is InChI=1S/C21H20FNO2/c1-23(12-13-25-20-10-8-19(22)9-11-20)21(24)15-16-6-7-17-4-2-3-5-18(17)14-16/h2-11,14H,12-13,15H2,1H3. The average Bonchev–Trinajstić information content (AvgIpc) is 2.63. The Morgan fingerprint density at radius 3 is 2.48 bits per heavy atom. The quantitative estimate of drug-likeness (QED) is 0.679. The molecule has 0 unspecified atom stereocenters. The van der Waals surface area contributed by atoms with Gasteiger partial charge in [-0.25, -0.2) is 4.39 Å². The summed E-state index contributed by atoms with van der Waals surface area (Å²) >= 11 is 0. The molecule has 3 aromatic rings. The summed E-state index contributed by atoms with van der Waals surface area (Å²) in [7, 11) is 1.76. The van der Waals surface area contributed by atoms with Gasteiger partial charge in [0.25, 0.3) is 0 Å². The highest BCUT2D eigenvalue weighted by Crippen LogP contribution is 2.16. The number of rotatable bonds is 6. The molecule has 0 radical (unpaired) electrons. The average molecular weight is 337 g/mol. The summed E-state index contributed by atoms with van der Waals surface area (Å²) < 4.78 is 18.4. The lowest BCUT2D eigenvalue weighted by Crippen LogP contribution is -2.32. The summed E-state index contributed by atoms with van der Waals surface area (Å²) in [5, 5.41) is 2.30. The number of amides is 1. The molecule has 128 valence electrons. The van der Waals surface area contributed by atoms with Crippen LogP contribution in [0.2, 0.25) is 0 Å². The molecule has 3 nitrogen and oxygen atoms in total. The van der Waals surface area contributed by atoms with E-state index in [-0.39, 0.29) is 11.7 Å². The van der Waals surface area contributed by atoms with Gasteiger partial charge in [-0.3, -0.25) is 4.79 Å². The molecular formula is C21H20FNO2. The molecule has 3 aromatic carbocycles. The second kappa shape index (κ2) is 7.79. The summed E-state index contributed by atoms with van der Waals surface area (Å²) in [5.74, 6) is 0.338. The van der Waals surface area contributed by atoms with Gasteiger partial charge in [-0.15, -0.1) is 0 Å². The molecule has 0 aliphatic rings. The zero-order valence-electron chi connectivity index (χ0n) is 14.1. The van der Waals surface area contributed by atoms with E-state index in [4.69, 9.17) is 4.74 Å². The number of hydrogen-bond acceptors (Lipinski definition) is 2. The van der Waals surface area contributed by atoms with E-state index in [9.17, 15) is 9.18 Å². The topological polar surface area (TPSA) is 29.5 Å². The Morgan fingerprint density at radius 2 is 1.72 bits per heavy atom. The van der Waals surface area contributed by atoms with E-state index in [0.717, 1.165) is 10.9 Å². The Bertz CT molecular complexity index is 861. The van der Waals surface area contributed by atoms with Crippen LogP contribution in [0.1, 0.15) is 5.56 Å². The third-order valence-corrected chi connectivity index (χ3v) is 4.10. The Morgan fingerprint density at radius 1 is 1.00 bits per heavy atom. The molecule has 0 bridgehead atoms. The molecule has 0 aliphatic carbocycles. The number of carbonyl (C=O) groups excluding carboxylic acids is 1. The third-order valence-electron chi connectivity index (χ3n) is 4.10. The van der Waals surface area contributed by atoms with Crippen molar-refractivity contribution in [1.29, 1.82) is 0 Å². The van der Waals surface area contributed by atoms with Gasteiger partial charge < -0.3 is 9.64 Å². The second-order valence-corrected chi connectivity index (χ2v) is 5.98. The van der Waals surface area contributed by atoms with Gasteiger partial charge in [0.05, 0.1) is 13.0 Å². The van der Waals surface area contributed by atoms with Crippen molar-refractivity contribution in [2.24, 2.45) is 0 Å². The maximum Gasteiger partial charge on any atom is 0.226 e. The van der Waals surface area contributed by atoms with E-state index >= 15 is 0 Å². The molecule has 0 N–H and O–H groups in total. The van der Waals surface area contributed by atoms with Crippen LogP contribution in [-0.4, -0.2) is 31.0 Å². The predicted octanol–water partition coefficient (Wildman–Crippen LogP) is 4.06. The molecule has 0 saturated carbocycles. The zero-order chi connectivity index (χ0) is 17.6. The fourth-order valence-electron chi connectivity index (χ4n) is 2.61. The van der Waals surface area contributed by atoms with Crippen LogP contribution in [0.5, 0.6) is 5.75 Å². The first-order valence-corrected chi connectivity index (χ1v) is 8.22. The van der Waals surface area contributed by atoms with Gasteiger partial charge >= 0.3 is 0 Å². The van der Waals surface area contributed by atoms with Crippen molar-refractivity contribution in [2.45, 2.75) is 6.42 Å². The number of benzene rings is 3. The number of nitrogens with zero attached hydrogens (tertiary/aromatic N) is 1. The maximum atomic E-state index is 12.8. The van der Waals surface area contributed by atoms with Gasteiger partial charge in [0.2, 0.25) is 5.91 Å². The van der Waals surface area contributed by atoms with Crippen molar-refractivity contribution in [3.63, 3.8) is 0 Å². The minimum absolute atomic E-state index is 0.0398. The summed E-state index contributed by atoms with van der Waals surface area (Å²) in [5.41, 5.74) is 0.995. The molecule has 0 aromatic heterocycles. The molecule has 0 saturated heterocycles. The number of hydrogen-bond donors (Lipinski definition) is 0. The highest BCUT2D eigenvalue weighted by Gasteiger charge is 2.10. The Labute approximate surface area is 146 Å². The first-order chi connectivity index (χ1) is 12.1. The van der Waals surface area contributed by atoms with Crippen LogP contribution in [0.15, 0.2) is 66.7 Å². The van der Waals surface area contributed by atoms with Crippen LogP contribution in [0.4, 0.5) is 4.39 Å². The number of ether oxygens (including phenoxy) is 1. The number of carbonyl (C=O) groups is 1. The highest BCUT2D eigenvalue weighted by molar-refractivity contribution is 5.85. The fourth-order valence-corrected chi connectivity index (χ4v) is 2.61. The third kappa shape index (κ3) is 4.57. The Hall–Kier alpha value is -2.88. The van der Waals surface area contributed by atoms with Crippen molar-refractivity contribution >= 4 is 16.7 Å². The molecule has 25 heavy (non-hydrogen) atoms. The van der Waals surface area contributed by atoms with Crippen molar-refractivity contribution in [1.82, 2.24) is 4.90 Å². The SMILES string of the molecule is CN(CCOc1ccc(F)cc1)C(=O)Cc1ccc2ccccc2c1. The highest BCUT2D eigenvalue weighted by atomic mass is 19.1. The van der Waals surface area contributed by atoms with Gasteiger partial charge in [-0.1, -0.05) is 42.5 Å². The lowest BCUT2D eigenvalue weighted by molar-refractivity contribution is -0.129. The Balaban J connectivity index is 1.52. The minimum Gasteiger partial charge on any atom is -0.492 e. The van der Waals surface area contributed by atoms with Gasteiger partial charge in [-0.05, 0) is 40.6 Å². The lowest BCUT2D eigenvalue weighted by Gasteiger charge is -2.17. The summed E-state index contributed by atoms with van der Waals surface area (Å²) in [6, 6.07) is 20.0. The van der Waals surface area contributed by atoms with E-state index in [1.807, 2.05) is 30.3 Å². The van der Waals surface area contributed by atoms with Gasteiger partial charge in [-0.2, -0.15) is 0 Å². The van der Waals surface area contributed by atoms with Crippen molar-refractivity contribution in [3.8, 4) is 5.75 Å². The first kappa shape index (κ1) is 17.0. The molecule has 0 fully saturated rings. The minimum atomic E-state index is -0.296. The molecule has 3 rings (SSSR count). The van der Waals surface area contributed by atoms with E-state index in [1.54, 1.807) is 24.1 Å². The molecular weight excluding hydrogens is 317 g/mol. The monoisotopic (exact) mass is 337 g/mol. The number of likely N-dealkylation sites (N-methyl/N-ethyl adjacent to an activating group) is 1. The van der Waals surface area contributed by atoms with Crippen LogP contribution in [0.25, 0.3) is 10.8 Å². The normalized spacial score (nSPS) is 10.6. The van der Waals surface area contributed by atoms with Crippen LogP contribution in [-0.2, 0) is 11.2 Å². The smallest absolute Gasteiger partial charge is 0.226 e. The molecule has 0 atom stereocenters. The maximum absolute atomic E-state index is 12.8. The molecule has 0 aliphatic heterocycles. The summed E-state index contributed by atoms with van der Waals surface area (Å²) in [4.78, 5) is 14.0. The van der Waals surface area contributed by atoms with E-state index in [0.29, 0.717) is 25.3 Å². The Kier molecular flexibility index (Phi) is 5.29. The number of fused-ring (bicyclic) bond motifs is 1. The second-order valence-electron chi connectivity index (χ2n) is 5.98. The summed E-state index contributed by atoms with van der Waals surface area (Å²) in [6.45, 7) is 0.843. The lowest BCUT2D eigenvalue weighted by atomic mass is 10.0. The van der Waals surface area contributed by atoms with Crippen LogP contribution in [0.3, 0.4) is 0 Å². The fraction of sp³-hybridized carbons (Fsp3) is 0.190. The zero-order valence-corrected chi connectivity index (χ0v) is 14.1. The molecule has 1 amide bonds.